The van der Waals surface area contributed by atoms with Crippen molar-refractivity contribution in [1.29, 1.82) is 0 Å². The van der Waals surface area contributed by atoms with Crippen LogP contribution < -0.4 is 4.72 Å². The number of aromatic amines is 1. The second kappa shape index (κ2) is 3.81. The molecular formula is C7H10N2O4S. The fourth-order valence-electron chi connectivity index (χ4n) is 1.04. The molecule has 0 aromatic carbocycles. The number of rotatable bonds is 4. The molecule has 0 bridgehead atoms. The highest BCUT2D eigenvalue weighted by atomic mass is 32.2. The van der Waals surface area contributed by atoms with Crippen molar-refractivity contribution in [3.63, 3.8) is 0 Å². The number of carboxylic acids is 1. The van der Waals surface area contributed by atoms with Crippen LogP contribution in [0.1, 0.15) is 5.69 Å². The van der Waals surface area contributed by atoms with Gasteiger partial charge in [0.05, 0.1) is 6.42 Å². The van der Waals surface area contributed by atoms with Crippen LogP contribution in [0.5, 0.6) is 0 Å². The summed E-state index contributed by atoms with van der Waals surface area (Å²) in [7, 11) is -2.31. The molecule has 14 heavy (non-hydrogen) atoms. The molecule has 1 aromatic heterocycles. The van der Waals surface area contributed by atoms with Crippen molar-refractivity contribution < 1.29 is 18.3 Å². The van der Waals surface area contributed by atoms with Crippen LogP contribution in [-0.4, -0.2) is 31.5 Å². The predicted molar refractivity (Wildman–Crippen MR) is 48.4 cm³/mol. The van der Waals surface area contributed by atoms with Crippen LogP contribution in [0.4, 0.5) is 0 Å². The van der Waals surface area contributed by atoms with E-state index in [1.807, 2.05) is 0 Å². The average molecular weight is 218 g/mol. The van der Waals surface area contributed by atoms with E-state index in [1.54, 1.807) is 0 Å². The van der Waals surface area contributed by atoms with Crippen LogP contribution in [0.15, 0.2) is 17.2 Å². The monoisotopic (exact) mass is 218 g/mol. The minimum absolute atomic E-state index is 0.0256. The van der Waals surface area contributed by atoms with Gasteiger partial charge in [-0.3, -0.25) is 4.79 Å². The molecule has 0 saturated heterocycles. The van der Waals surface area contributed by atoms with Crippen LogP contribution >= 0.6 is 0 Å². The standard InChI is InChI=1S/C7H10N2O4S/c1-8-14(12,13)6-2-3-9-5(6)4-7(10)11/h2-3,8-9H,4H2,1H3,(H,10,11). The first-order valence-electron chi connectivity index (χ1n) is 3.79. The molecule has 0 atom stereocenters. The normalized spacial score (nSPS) is 11.5. The van der Waals surface area contributed by atoms with E-state index in [4.69, 9.17) is 5.11 Å². The van der Waals surface area contributed by atoms with Crippen molar-refractivity contribution >= 4 is 16.0 Å². The van der Waals surface area contributed by atoms with Gasteiger partial charge in [0.2, 0.25) is 10.0 Å². The minimum Gasteiger partial charge on any atom is -0.481 e. The van der Waals surface area contributed by atoms with Gasteiger partial charge in [0.15, 0.2) is 0 Å². The molecule has 0 fully saturated rings. The Hall–Kier alpha value is -1.34. The van der Waals surface area contributed by atoms with E-state index < -0.39 is 16.0 Å². The highest BCUT2D eigenvalue weighted by Gasteiger charge is 2.18. The highest BCUT2D eigenvalue weighted by Crippen LogP contribution is 2.13. The largest absolute Gasteiger partial charge is 0.481 e. The van der Waals surface area contributed by atoms with Crippen molar-refractivity contribution in [1.82, 2.24) is 9.71 Å². The Bertz CT molecular complexity index is 434. The molecule has 0 spiro atoms. The lowest BCUT2D eigenvalue weighted by Crippen LogP contribution is -2.20. The van der Waals surface area contributed by atoms with Gasteiger partial charge in [-0.2, -0.15) is 0 Å². The van der Waals surface area contributed by atoms with Gasteiger partial charge in [0.25, 0.3) is 0 Å². The number of carbonyl (C=O) groups is 1. The zero-order valence-electron chi connectivity index (χ0n) is 7.44. The number of sulfonamides is 1. The Morgan fingerprint density at radius 1 is 1.64 bits per heavy atom. The topological polar surface area (TPSA) is 99.3 Å². The number of aliphatic carboxylic acids is 1. The molecule has 1 heterocycles. The van der Waals surface area contributed by atoms with Gasteiger partial charge in [0.1, 0.15) is 4.90 Å². The second-order valence-corrected chi connectivity index (χ2v) is 4.45. The van der Waals surface area contributed by atoms with Crippen molar-refractivity contribution in [3.05, 3.63) is 18.0 Å². The first-order chi connectivity index (χ1) is 6.47. The summed E-state index contributed by atoms with van der Waals surface area (Å²) in [6.07, 6.45) is 1.05. The first kappa shape index (κ1) is 10.7. The van der Waals surface area contributed by atoms with Crippen LogP contribution in [0.3, 0.4) is 0 Å². The summed E-state index contributed by atoms with van der Waals surface area (Å²) in [4.78, 5) is 13.0. The van der Waals surface area contributed by atoms with Crippen LogP contribution in [0.25, 0.3) is 0 Å². The Morgan fingerprint density at radius 3 is 2.79 bits per heavy atom. The number of carboxylic acid groups (broad SMARTS) is 1. The van der Waals surface area contributed by atoms with Crippen molar-refractivity contribution in [2.75, 3.05) is 7.05 Å². The molecule has 0 radical (unpaired) electrons. The molecule has 1 aromatic rings. The van der Waals surface area contributed by atoms with E-state index in [9.17, 15) is 13.2 Å². The van der Waals surface area contributed by atoms with Crippen molar-refractivity contribution in [2.24, 2.45) is 0 Å². The van der Waals surface area contributed by atoms with Gasteiger partial charge in [-0.15, -0.1) is 0 Å². The van der Waals surface area contributed by atoms with Gasteiger partial charge in [-0.1, -0.05) is 0 Å². The van der Waals surface area contributed by atoms with Crippen LogP contribution in [0, 0.1) is 0 Å². The summed E-state index contributed by atoms with van der Waals surface area (Å²) in [6.45, 7) is 0. The number of aromatic nitrogens is 1. The Kier molecular flexibility index (Phi) is 2.92. The number of hydrogen-bond acceptors (Lipinski definition) is 3. The lowest BCUT2D eigenvalue weighted by Gasteiger charge is -2.01. The van der Waals surface area contributed by atoms with Crippen LogP contribution in [0.2, 0.25) is 0 Å². The molecule has 0 saturated carbocycles. The van der Waals surface area contributed by atoms with E-state index in [2.05, 4.69) is 9.71 Å². The van der Waals surface area contributed by atoms with Crippen molar-refractivity contribution in [3.8, 4) is 0 Å². The zero-order chi connectivity index (χ0) is 10.8. The molecule has 6 nitrogen and oxygen atoms in total. The number of H-pyrrole nitrogens is 1. The summed E-state index contributed by atoms with van der Waals surface area (Å²) in [6, 6.07) is 1.32. The summed E-state index contributed by atoms with van der Waals surface area (Å²) in [5.74, 6) is -1.08. The molecule has 7 heteroatoms. The summed E-state index contributed by atoms with van der Waals surface area (Å²) >= 11 is 0. The molecule has 78 valence electrons. The number of hydrogen-bond donors (Lipinski definition) is 3. The SMILES string of the molecule is CNS(=O)(=O)c1cc[nH]c1CC(=O)O. The predicted octanol–water partition coefficient (Wildman–Crippen LogP) is -0.450. The molecule has 0 aliphatic heterocycles. The lowest BCUT2D eigenvalue weighted by atomic mass is 10.3. The van der Waals surface area contributed by atoms with Gasteiger partial charge < -0.3 is 10.1 Å². The molecule has 0 aliphatic carbocycles. The first-order valence-corrected chi connectivity index (χ1v) is 5.27. The molecule has 1 rings (SSSR count). The second-order valence-electron chi connectivity index (χ2n) is 2.60. The Balaban J connectivity index is 3.11. The lowest BCUT2D eigenvalue weighted by molar-refractivity contribution is -0.136. The highest BCUT2D eigenvalue weighted by molar-refractivity contribution is 7.89. The van der Waals surface area contributed by atoms with E-state index in [0.717, 1.165) is 0 Å². The van der Waals surface area contributed by atoms with E-state index >= 15 is 0 Å². The molecular weight excluding hydrogens is 208 g/mol. The fraction of sp³-hybridized carbons (Fsp3) is 0.286. The van der Waals surface area contributed by atoms with E-state index in [-0.39, 0.29) is 17.0 Å². The fourth-order valence-corrected chi connectivity index (χ4v) is 1.96. The maximum Gasteiger partial charge on any atom is 0.309 e. The summed E-state index contributed by atoms with van der Waals surface area (Å²) in [5.41, 5.74) is 0.173. The smallest absolute Gasteiger partial charge is 0.309 e. The zero-order valence-corrected chi connectivity index (χ0v) is 8.26. The van der Waals surface area contributed by atoms with Gasteiger partial charge in [0, 0.05) is 11.9 Å². The molecule has 0 amide bonds. The van der Waals surface area contributed by atoms with Gasteiger partial charge >= 0.3 is 5.97 Å². The van der Waals surface area contributed by atoms with Crippen molar-refractivity contribution in [2.45, 2.75) is 11.3 Å². The molecule has 0 unspecified atom stereocenters. The maximum atomic E-state index is 11.3. The van der Waals surface area contributed by atoms with E-state index in [0.29, 0.717) is 0 Å². The average Bonchev–Trinajstić information content (AvgIpc) is 2.52. The van der Waals surface area contributed by atoms with E-state index in [1.165, 1.54) is 19.3 Å². The quantitative estimate of drug-likeness (QED) is 0.637. The number of nitrogens with one attached hydrogen (secondary N) is 2. The van der Waals surface area contributed by atoms with Gasteiger partial charge in [-0.05, 0) is 13.1 Å². The Labute approximate surface area is 81.0 Å². The summed E-state index contributed by atoms with van der Waals surface area (Å²) < 4.78 is 24.8. The van der Waals surface area contributed by atoms with Crippen LogP contribution in [-0.2, 0) is 21.2 Å². The summed E-state index contributed by atoms with van der Waals surface area (Å²) in [5, 5.41) is 8.51. The third-order valence-electron chi connectivity index (χ3n) is 1.68. The molecule has 0 aliphatic rings. The molecule has 3 N–H and O–H groups in total. The third-order valence-corrected chi connectivity index (χ3v) is 3.17. The third kappa shape index (κ3) is 2.12. The Morgan fingerprint density at radius 2 is 2.29 bits per heavy atom. The van der Waals surface area contributed by atoms with Gasteiger partial charge in [-0.25, -0.2) is 13.1 Å². The maximum absolute atomic E-state index is 11.3. The minimum atomic E-state index is -3.58.